The summed E-state index contributed by atoms with van der Waals surface area (Å²) in [5.41, 5.74) is -11.2. The predicted molar refractivity (Wildman–Crippen MR) is 148 cm³/mol. The van der Waals surface area contributed by atoms with Gasteiger partial charge in [-0.2, -0.15) is 26.3 Å². The zero-order chi connectivity index (χ0) is 31.2. The summed E-state index contributed by atoms with van der Waals surface area (Å²) < 4.78 is 115. The summed E-state index contributed by atoms with van der Waals surface area (Å²) in [4.78, 5) is 0. The van der Waals surface area contributed by atoms with Crippen LogP contribution in [0.5, 0.6) is 0 Å². The van der Waals surface area contributed by atoms with Gasteiger partial charge in [-0.15, -0.1) is 0 Å². The van der Waals surface area contributed by atoms with Gasteiger partial charge < -0.3 is 4.13 Å². The van der Waals surface area contributed by atoms with Crippen molar-refractivity contribution in [2.24, 2.45) is 0 Å². The number of benzene rings is 1. The summed E-state index contributed by atoms with van der Waals surface area (Å²) >= 11 is 3.49. The molecule has 1 aromatic carbocycles. The van der Waals surface area contributed by atoms with E-state index in [-0.39, 0.29) is 0 Å². The maximum Gasteiger partial charge on any atom is 0.480 e. The lowest BCUT2D eigenvalue weighted by atomic mass is 10.1. The Morgan fingerprint density at radius 2 is 1.15 bits per heavy atom. The van der Waals surface area contributed by atoms with E-state index in [2.05, 4.69) is 75.0 Å². The van der Waals surface area contributed by atoms with Gasteiger partial charge in [0.1, 0.15) is 18.1 Å². The third-order valence-electron chi connectivity index (χ3n) is 5.87. The number of aryl methyl sites for hydroxylation is 1. The number of imidazole rings is 1. The van der Waals surface area contributed by atoms with Crippen molar-refractivity contribution in [3.05, 3.63) is 51.6 Å². The van der Waals surface area contributed by atoms with E-state index < -0.39 is 31.1 Å². The van der Waals surface area contributed by atoms with Crippen molar-refractivity contribution < 1.29 is 47.7 Å². The van der Waals surface area contributed by atoms with Crippen molar-refractivity contribution in [2.45, 2.75) is 102 Å². The second-order valence-corrected chi connectivity index (χ2v) is 13.7. The third kappa shape index (κ3) is 14.4. The maximum absolute atomic E-state index is 11.4. The summed E-state index contributed by atoms with van der Waals surface area (Å²) in [6, 6.07) is 8.45. The Kier molecular flexibility index (Phi) is 15.9. The number of rotatable bonds is 16. The molecule has 0 unspecified atom stereocenters. The number of nitrogens with zero attached hydrogens (tertiary/aromatic N) is 3. The molecule has 0 saturated carbocycles. The van der Waals surface area contributed by atoms with Gasteiger partial charge >= 0.3 is 11.0 Å². The Hall–Kier alpha value is -1.65. The average molecular weight is 701 g/mol. The first kappa shape index (κ1) is 37.4. The highest BCUT2D eigenvalue weighted by molar-refractivity contribution is 9.10. The van der Waals surface area contributed by atoms with Gasteiger partial charge in [0.15, 0.2) is 20.0 Å². The van der Waals surface area contributed by atoms with Gasteiger partial charge in [0.05, 0.1) is 6.54 Å². The van der Waals surface area contributed by atoms with Crippen LogP contribution in [0.3, 0.4) is 0 Å². The van der Waals surface area contributed by atoms with Gasteiger partial charge in [-0.1, -0.05) is 87.1 Å². The van der Waals surface area contributed by atoms with Crippen LogP contribution in [0, 0.1) is 0 Å². The largest absolute Gasteiger partial charge is 0.480 e. The van der Waals surface area contributed by atoms with Crippen molar-refractivity contribution in [3.63, 3.8) is 0 Å². The van der Waals surface area contributed by atoms with E-state index in [0.717, 1.165) is 15.1 Å². The second-order valence-electron chi connectivity index (χ2n) is 9.34. The monoisotopic (exact) mass is 699 g/mol. The molecule has 0 aliphatic carbocycles. The van der Waals surface area contributed by atoms with Gasteiger partial charge in [-0.3, -0.25) is 0 Å². The molecule has 41 heavy (non-hydrogen) atoms. The molecule has 2 aromatic rings. The molecule has 0 spiro atoms. The van der Waals surface area contributed by atoms with Gasteiger partial charge in [0.2, 0.25) is 6.33 Å². The maximum atomic E-state index is 11.4. The first-order valence-electron chi connectivity index (χ1n) is 13.2. The molecule has 0 aliphatic rings. The zero-order valence-corrected chi connectivity index (χ0v) is 25.9. The number of aromatic nitrogens is 2. The minimum atomic E-state index is -6.72. The SMILES string of the molecule is CCCCCCCCCCCCCC[n+]1ccn(-c2ccc(Br)cc2)c1.O=S(=O)([N-]S(=O)(=O)C(F)(F)F)C(F)(F)F. The van der Waals surface area contributed by atoms with Crippen molar-refractivity contribution in [1.29, 1.82) is 0 Å². The number of hydrogen-bond acceptors (Lipinski definition) is 4. The Morgan fingerprint density at radius 3 is 1.56 bits per heavy atom. The van der Waals surface area contributed by atoms with Crippen LogP contribution in [-0.4, -0.2) is 32.4 Å². The Labute approximate surface area is 246 Å². The predicted octanol–water partition coefficient (Wildman–Crippen LogP) is 8.29. The number of unbranched alkanes of at least 4 members (excludes halogenated alkanes) is 11. The van der Waals surface area contributed by atoms with Crippen molar-refractivity contribution in [1.82, 2.24) is 4.57 Å². The number of alkyl halides is 6. The topological polar surface area (TPSA) is 91.2 Å². The fourth-order valence-corrected chi connectivity index (χ4v) is 5.62. The fourth-order valence-electron chi connectivity index (χ4n) is 3.64. The van der Waals surface area contributed by atoms with Crippen molar-refractivity contribution in [2.75, 3.05) is 0 Å². The third-order valence-corrected chi connectivity index (χ3v) is 9.14. The molecule has 0 fully saturated rings. The standard InChI is InChI=1S/C23H36BrN2.C2F6NO4S2/c1-2-3-4-5-6-7-8-9-10-11-12-13-18-25-19-20-26(21-25)23-16-14-22(24)15-17-23;3-1(4,5)14(10,11)9-15(12,13)2(6,7)8/h14-17,19-21H,2-13,18H2,1H3;/q+1;-1. The molecule has 0 saturated heterocycles. The summed E-state index contributed by atoms with van der Waals surface area (Å²) in [5, 5.41) is 0. The fraction of sp³-hybridized carbons (Fsp3) is 0.640. The molecular formula is C25H36BrF6N3O4S2. The molecule has 0 aliphatic heterocycles. The molecule has 0 radical (unpaired) electrons. The first-order chi connectivity index (χ1) is 19.0. The lowest BCUT2D eigenvalue weighted by Crippen LogP contribution is -2.30. The molecule has 2 rings (SSSR count). The molecule has 0 bridgehead atoms. The number of hydrogen-bond donors (Lipinski definition) is 0. The lowest BCUT2D eigenvalue weighted by Gasteiger charge is -2.22. The Bertz CT molecular complexity index is 1190. The van der Waals surface area contributed by atoms with Crippen LogP contribution < -0.4 is 4.57 Å². The normalized spacial score (nSPS) is 12.7. The van der Waals surface area contributed by atoms with Crippen LogP contribution in [0.4, 0.5) is 26.3 Å². The van der Waals surface area contributed by atoms with Gasteiger partial charge in [-0.05, 0) is 37.1 Å². The second kappa shape index (κ2) is 17.5. The molecule has 0 N–H and O–H groups in total. The number of halogens is 7. The van der Waals surface area contributed by atoms with Crippen LogP contribution in [0.1, 0.15) is 84.0 Å². The van der Waals surface area contributed by atoms with E-state index >= 15 is 0 Å². The molecular weight excluding hydrogens is 664 g/mol. The van der Waals surface area contributed by atoms with Crippen molar-refractivity contribution >= 4 is 36.0 Å². The smallest absolute Gasteiger partial charge is 0.421 e. The molecule has 0 atom stereocenters. The van der Waals surface area contributed by atoms with Crippen LogP contribution in [-0.2, 0) is 26.6 Å². The number of sulfonamides is 2. The quantitative estimate of drug-likeness (QED) is 0.100. The van der Waals surface area contributed by atoms with Crippen LogP contribution in [0.15, 0.2) is 47.5 Å². The molecule has 0 amide bonds. The van der Waals surface area contributed by atoms with E-state index in [9.17, 15) is 43.2 Å². The van der Waals surface area contributed by atoms with Crippen LogP contribution in [0.2, 0.25) is 0 Å². The summed E-state index contributed by atoms with van der Waals surface area (Å²) in [7, 11) is -13.4. The Balaban J connectivity index is 0.000000479. The summed E-state index contributed by atoms with van der Waals surface area (Å²) in [6.07, 6.45) is 23.4. The minimum absolute atomic E-state index is 0.778. The first-order valence-corrected chi connectivity index (χ1v) is 16.9. The highest BCUT2D eigenvalue weighted by Crippen LogP contribution is 2.36. The van der Waals surface area contributed by atoms with Gasteiger partial charge in [0.25, 0.3) is 0 Å². The molecule has 7 nitrogen and oxygen atoms in total. The molecule has 1 heterocycles. The van der Waals surface area contributed by atoms with E-state index in [1.54, 1.807) is 0 Å². The van der Waals surface area contributed by atoms with Crippen LogP contribution in [0.25, 0.3) is 9.81 Å². The highest BCUT2D eigenvalue weighted by Gasteiger charge is 2.46. The van der Waals surface area contributed by atoms with E-state index in [4.69, 9.17) is 0 Å². The van der Waals surface area contributed by atoms with Crippen LogP contribution >= 0.6 is 15.9 Å². The van der Waals surface area contributed by atoms with Gasteiger partial charge in [-0.25, -0.2) is 26.0 Å². The lowest BCUT2D eigenvalue weighted by molar-refractivity contribution is -0.696. The van der Waals surface area contributed by atoms with Gasteiger partial charge in [0, 0.05) is 4.47 Å². The molecule has 1 aromatic heterocycles. The van der Waals surface area contributed by atoms with E-state index in [1.165, 1.54) is 82.7 Å². The zero-order valence-electron chi connectivity index (χ0n) is 22.7. The Morgan fingerprint density at radius 1 is 0.732 bits per heavy atom. The summed E-state index contributed by atoms with van der Waals surface area (Å²) in [5.74, 6) is 0. The minimum Gasteiger partial charge on any atom is -0.421 e. The highest BCUT2D eigenvalue weighted by atomic mass is 79.9. The molecule has 16 heteroatoms. The van der Waals surface area contributed by atoms with E-state index in [1.807, 2.05) is 0 Å². The summed E-state index contributed by atoms with van der Waals surface area (Å²) in [6.45, 7) is 3.41. The van der Waals surface area contributed by atoms with E-state index in [0.29, 0.717) is 0 Å². The molecule has 236 valence electrons. The van der Waals surface area contributed by atoms with Crippen molar-refractivity contribution in [3.8, 4) is 5.69 Å². The average Bonchev–Trinajstić information content (AvgIpc) is 3.32.